The summed E-state index contributed by atoms with van der Waals surface area (Å²) >= 11 is 0. The number of sulfonamides is 1. The Bertz CT molecular complexity index is 744. The molecular weight excluding hydrogens is 348 g/mol. The lowest BCUT2D eigenvalue weighted by Gasteiger charge is -2.31. The normalized spacial score (nSPS) is 20.8. The summed E-state index contributed by atoms with van der Waals surface area (Å²) in [6, 6.07) is 5.01. The second kappa shape index (κ2) is 8.09. The molecule has 0 N–H and O–H groups in total. The van der Waals surface area contributed by atoms with Gasteiger partial charge >= 0.3 is 0 Å². The van der Waals surface area contributed by atoms with Crippen LogP contribution in [-0.4, -0.2) is 49.7 Å². The van der Waals surface area contributed by atoms with Crippen LogP contribution < -0.4 is 0 Å². The van der Waals surface area contributed by atoms with E-state index in [1.54, 1.807) is 22.5 Å². The molecule has 2 aliphatic heterocycles. The molecule has 0 radical (unpaired) electrons. The number of likely N-dealkylation sites (tertiary alicyclic amines) is 1. The summed E-state index contributed by atoms with van der Waals surface area (Å²) in [4.78, 5) is 15.1. The maximum absolute atomic E-state index is 13.0. The van der Waals surface area contributed by atoms with Gasteiger partial charge in [0, 0.05) is 31.7 Å². The fourth-order valence-electron chi connectivity index (χ4n) is 3.81. The van der Waals surface area contributed by atoms with E-state index in [2.05, 4.69) is 6.92 Å². The molecule has 2 saturated heterocycles. The van der Waals surface area contributed by atoms with Crippen molar-refractivity contribution < 1.29 is 13.2 Å². The van der Waals surface area contributed by atoms with Crippen LogP contribution in [0.25, 0.3) is 0 Å². The first kappa shape index (κ1) is 19.4. The minimum atomic E-state index is -3.54. The number of nitrogens with zero attached hydrogens (tertiary/aromatic N) is 2. The zero-order valence-corrected chi connectivity index (χ0v) is 16.7. The Morgan fingerprint density at radius 2 is 1.62 bits per heavy atom. The van der Waals surface area contributed by atoms with Gasteiger partial charge in [0.2, 0.25) is 10.0 Å². The lowest BCUT2D eigenvalue weighted by atomic mass is 9.98. The topological polar surface area (TPSA) is 57.7 Å². The molecule has 0 aromatic heterocycles. The molecule has 26 heavy (non-hydrogen) atoms. The summed E-state index contributed by atoms with van der Waals surface area (Å²) in [7, 11) is -3.54. The van der Waals surface area contributed by atoms with Gasteiger partial charge in [0.15, 0.2) is 0 Å². The molecule has 0 bridgehead atoms. The van der Waals surface area contributed by atoms with Gasteiger partial charge in [0.05, 0.1) is 4.90 Å². The molecule has 0 atom stereocenters. The first-order valence-electron chi connectivity index (χ1n) is 9.79. The van der Waals surface area contributed by atoms with Crippen molar-refractivity contribution in [3.63, 3.8) is 0 Å². The zero-order valence-electron chi connectivity index (χ0n) is 15.9. The predicted molar refractivity (Wildman–Crippen MR) is 103 cm³/mol. The minimum absolute atomic E-state index is 0.0395. The number of carbonyl (C=O) groups is 1. The molecule has 0 unspecified atom stereocenters. The number of benzene rings is 1. The minimum Gasteiger partial charge on any atom is -0.339 e. The van der Waals surface area contributed by atoms with E-state index < -0.39 is 10.0 Å². The number of hydrogen-bond acceptors (Lipinski definition) is 3. The fourth-order valence-corrected chi connectivity index (χ4v) is 5.35. The summed E-state index contributed by atoms with van der Waals surface area (Å²) in [5.41, 5.74) is 1.36. The molecule has 144 valence electrons. The largest absolute Gasteiger partial charge is 0.339 e. The average Bonchev–Trinajstić information content (AvgIpc) is 2.92. The summed E-state index contributed by atoms with van der Waals surface area (Å²) in [5.74, 6) is 0.609. The van der Waals surface area contributed by atoms with Crippen LogP contribution in [0.5, 0.6) is 0 Å². The Morgan fingerprint density at radius 1 is 1.00 bits per heavy atom. The molecule has 0 aliphatic carbocycles. The Labute approximate surface area is 157 Å². The Kier molecular flexibility index (Phi) is 6.03. The summed E-state index contributed by atoms with van der Waals surface area (Å²) < 4.78 is 27.7. The molecule has 1 aromatic rings. The van der Waals surface area contributed by atoms with Crippen LogP contribution in [0.2, 0.25) is 0 Å². The van der Waals surface area contributed by atoms with Crippen LogP contribution in [0.3, 0.4) is 0 Å². The maximum Gasteiger partial charge on any atom is 0.254 e. The SMILES string of the molecule is Cc1ccc(S(=O)(=O)N2CCCCCC2)cc1C(=O)N1CCC(C)CC1. The van der Waals surface area contributed by atoms with E-state index in [1.807, 2.05) is 11.8 Å². The molecule has 6 heteroatoms. The van der Waals surface area contributed by atoms with Gasteiger partial charge in [-0.25, -0.2) is 8.42 Å². The van der Waals surface area contributed by atoms with Gasteiger partial charge in [-0.1, -0.05) is 25.8 Å². The van der Waals surface area contributed by atoms with E-state index in [9.17, 15) is 13.2 Å². The summed E-state index contributed by atoms with van der Waals surface area (Å²) in [6.07, 6.45) is 5.99. The average molecular weight is 379 g/mol. The van der Waals surface area contributed by atoms with Crippen LogP contribution in [0, 0.1) is 12.8 Å². The van der Waals surface area contributed by atoms with Gasteiger partial charge in [-0.2, -0.15) is 4.31 Å². The van der Waals surface area contributed by atoms with Crippen molar-refractivity contribution in [1.82, 2.24) is 9.21 Å². The number of piperidine rings is 1. The molecule has 0 saturated carbocycles. The quantitative estimate of drug-likeness (QED) is 0.810. The maximum atomic E-state index is 13.0. The van der Waals surface area contributed by atoms with Gasteiger partial charge in [-0.3, -0.25) is 4.79 Å². The number of amides is 1. The molecule has 3 rings (SSSR count). The fraction of sp³-hybridized carbons (Fsp3) is 0.650. The molecule has 0 spiro atoms. The Hall–Kier alpha value is -1.40. The van der Waals surface area contributed by atoms with Crippen LogP contribution in [0.4, 0.5) is 0 Å². The molecule has 1 aromatic carbocycles. The van der Waals surface area contributed by atoms with Crippen molar-refractivity contribution in [2.75, 3.05) is 26.2 Å². The standard InChI is InChI=1S/C20H30N2O3S/c1-16-9-13-21(14-10-16)20(23)19-15-18(8-7-17(19)2)26(24,25)22-11-5-3-4-6-12-22/h7-8,15-16H,3-6,9-14H2,1-2H3. The monoisotopic (exact) mass is 378 g/mol. The second-order valence-corrected chi connectivity index (χ2v) is 9.71. The van der Waals surface area contributed by atoms with E-state index >= 15 is 0 Å². The highest BCUT2D eigenvalue weighted by Gasteiger charge is 2.28. The number of carbonyl (C=O) groups excluding carboxylic acids is 1. The summed E-state index contributed by atoms with van der Waals surface area (Å²) in [6.45, 7) is 6.74. The molecule has 2 fully saturated rings. The van der Waals surface area contributed by atoms with Gasteiger partial charge in [-0.05, 0) is 56.2 Å². The van der Waals surface area contributed by atoms with E-state index in [-0.39, 0.29) is 10.8 Å². The van der Waals surface area contributed by atoms with E-state index in [1.165, 1.54) is 0 Å². The number of aryl methyl sites for hydroxylation is 1. The lowest BCUT2D eigenvalue weighted by Crippen LogP contribution is -2.38. The Balaban J connectivity index is 1.86. The van der Waals surface area contributed by atoms with Crippen molar-refractivity contribution in [2.24, 2.45) is 5.92 Å². The van der Waals surface area contributed by atoms with Crippen molar-refractivity contribution in [3.8, 4) is 0 Å². The highest BCUT2D eigenvalue weighted by atomic mass is 32.2. The Morgan fingerprint density at radius 3 is 2.23 bits per heavy atom. The molecular formula is C20H30N2O3S. The third-order valence-corrected chi connectivity index (χ3v) is 7.61. The van der Waals surface area contributed by atoms with Gasteiger partial charge in [0.25, 0.3) is 5.91 Å². The second-order valence-electron chi connectivity index (χ2n) is 7.77. The first-order valence-corrected chi connectivity index (χ1v) is 11.2. The van der Waals surface area contributed by atoms with Gasteiger partial charge in [-0.15, -0.1) is 0 Å². The first-order chi connectivity index (χ1) is 12.4. The third-order valence-electron chi connectivity index (χ3n) is 5.71. The van der Waals surface area contributed by atoms with Gasteiger partial charge < -0.3 is 4.90 Å². The molecule has 5 nitrogen and oxygen atoms in total. The van der Waals surface area contributed by atoms with Crippen LogP contribution >= 0.6 is 0 Å². The number of hydrogen-bond donors (Lipinski definition) is 0. The van der Waals surface area contributed by atoms with Crippen molar-refractivity contribution in [1.29, 1.82) is 0 Å². The van der Waals surface area contributed by atoms with Crippen molar-refractivity contribution in [3.05, 3.63) is 29.3 Å². The highest BCUT2D eigenvalue weighted by Crippen LogP contribution is 2.25. The third kappa shape index (κ3) is 4.12. The smallest absolute Gasteiger partial charge is 0.254 e. The zero-order chi connectivity index (χ0) is 18.7. The van der Waals surface area contributed by atoms with E-state index in [0.29, 0.717) is 24.6 Å². The van der Waals surface area contributed by atoms with Crippen molar-refractivity contribution >= 4 is 15.9 Å². The highest BCUT2D eigenvalue weighted by molar-refractivity contribution is 7.89. The predicted octanol–water partition coefficient (Wildman–Crippen LogP) is 3.43. The lowest BCUT2D eigenvalue weighted by molar-refractivity contribution is 0.0696. The van der Waals surface area contributed by atoms with E-state index in [0.717, 1.165) is 57.2 Å². The van der Waals surface area contributed by atoms with Crippen molar-refractivity contribution in [2.45, 2.75) is 57.3 Å². The molecule has 1 amide bonds. The van der Waals surface area contributed by atoms with Crippen LogP contribution in [0.1, 0.15) is 61.4 Å². The molecule has 2 aliphatic rings. The number of rotatable bonds is 3. The summed E-state index contributed by atoms with van der Waals surface area (Å²) in [5, 5.41) is 0. The van der Waals surface area contributed by atoms with Crippen LogP contribution in [-0.2, 0) is 10.0 Å². The van der Waals surface area contributed by atoms with Gasteiger partial charge in [0.1, 0.15) is 0 Å². The van der Waals surface area contributed by atoms with E-state index in [4.69, 9.17) is 0 Å². The van der Waals surface area contributed by atoms with Crippen LogP contribution in [0.15, 0.2) is 23.1 Å². The molecule has 2 heterocycles.